The van der Waals surface area contributed by atoms with Gasteiger partial charge in [0, 0.05) is 17.6 Å². The highest BCUT2D eigenvalue weighted by Gasteiger charge is 2.28. The van der Waals surface area contributed by atoms with E-state index in [4.69, 9.17) is 11.6 Å². The van der Waals surface area contributed by atoms with Crippen molar-refractivity contribution in [3.05, 3.63) is 34.9 Å². The van der Waals surface area contributed by atoms with Crippen molar-refractivity contribution in [2.24, 2.45) is 0 Å². The summed E-state index contributed by atoms with van der Waals surface area (Å²) in [4.78, 5) is 14.3. The first kappa shape index (κ1) is 14.9. The number of carbonyl (C=O) groups is 1. The van der Waals surface area contributed by atoms with E-state index in [1.54, 1.807) is 0 Å². The first-order valence-corrected chi connectivity index (χ1v) is 8.07. The molecule has 2 unspecified atom stereocenters. The van der Waals surface area contributed by atoms with Crippen molar-refractivity contribution in [1.82, 2.24) is 4.90 Å². The fourth-order valence-corrected chi connectivity index (χ4v) is 3.37. The molecule has 19 heavy (non-hydrogen) atoms. The summed E-state index contributed by atoms with van der Waals surface area (Å²) in [6.07, 6.45) is 4.09. The van der Waals surface area contributed by atoms with Crippen molar-refractivity contribution < 1.29 is 4.79 Å². The first-order chi connectivity index (χ1) is 9.09. The summed E-state index contributed by atoms with van der Waals surface area (Å²) in [5.74, 6) is 0.187. The molecule has 104 valence electrons. The van der Waals surface area contributed by atoms with E-state index in [9.17, 15) is 4.79 Å². The number of hydrogen-bond acceptors (Lipinski definition) is 1. The second-order valence-corrected chi connectivity index (χ2v) is 6.65. The Labute approximate surface area is 128 Å². The van der Waals surface area contributed by atoms with Crippen LogP contribution in [0.5, 0.6) is 0 Å². The molecule has 0 saturated carbocycles. The average molecular weight is 345 g/mol. The van der Waals surface area contributed by atoms with Crippen LogP contribution in [-0.4, -0.2) is 28.2 Å². The molecule has 0 radical (unpaired) electrons. The van der Waals surface area contributed by atoms with Crippen molar-refractivity contribution >= 4 is 33.4 Å². The number of carbonyl (C=O) groups excluding carboxylic acids is 1. The van der Waals surface area contributed by atoms with Crippen molar-refractivity contribution in [1.29, 1.82) is 0 Å². The van der Waals surface area contributed by atoms with Gasteiger partial charge in [-0.25, -0.2) is 0 Å². The molecular formula is C15H19BrClNO. The largest absolute Gasteiger partial charge is 0.339 e. The Morgan fingerprint density at radius 1 is 1.47 bits per heavy atom. The van der Waals surface area contributed by atoms with E-state index in [0.717, 1.165) is 30.0 Å². The molecule has 1 amide bonds. The van der Waals surface area contributed by atoms with Crippen LogP contribution in [0.4, 0.5) is 0 Å². The van der Waals surface area contributed by atoms with Gasteiger partial charge in [0.05, 0.1) is 4.83 Å². The molecule has 0 spiro atoms. The lowest BCUT2D eigenvalue weighted by molar-refractivity contribution is -0.133. The van der Waals surface area contributed by atoms with E-state index in [0.29, 0.717) is 12.5 Å². The molecule has 1 aliphatic rings. The van der Waals surface area contributed by atoms with Crippen LogP contribution in [0.3, 0.4) is 0 Å². The van der Waals surface area contributed by atoms with Gasteiger partial charge in [-0.15, -0.1) is 0 Å². The molecule has 1 aromatic rings. The van der Waals surface area contributed by atoms with Crippen molar-refractivity contribution in [3.8, 4) is 0 Å². The van der Waals surface area contributed by atoms with Gasteiger partial charge in [0.25, 0.3) is 0 Å². The average Bonchev–Trinajstić information content (AvgIpc) is 2.41. The number of likely N-dealkylation sites (tertiary alicyclic amines) is 1. The van der Waals surface area contributed by atoms with Crippen LogP contribution in [0.2, 0.25) is 5.02 Å². The summed E-state index contributed by atoms with van der Waals surface area (Å²) >= 11 is 9.67. The molecule has 4 heteroatoms. The molecule has 2 rings (SSSR count). The number of halogens is 2. The lowest BCUT2D eigenvalue weighted by Crippen LogP contribution is -2.45. The highest BCUT2D eigenvalue weighted by molar-refractivity contribution is 9.10. The second kappa shape index (κ2) is 6.76. The predicted molar refractivity (Wildman–Crippen MR) is 82.9 cm³/mol. The molecule has 1 heterocycles. The maximum Gasteiger partial charge on any atom is 0.236 e. The molecule has 0 aromatic heterocycles. The van der Waals surface area contributed by atoms with Gasteiger partial charge in [-0.2, -0.15) is 0 Å². The lowest BCUT2D eigenvalue weighted by Gasteiger charge is -2.34. The van der Waals surface area contributed by atoms with Gasteiger partial charge in [0.2, 0.25) is 5.91 Å². The van der Waals surface area contributed by atoms with Gasteiger partial charge in [-0.05, 0) is 44.2 Å². The second-order valence-electron chi connectivity index (χ2n) is 5.14. The molecule has 0 N–H and O–H groups in total. The Kier molecular flexibility index (Phi) is 5.28. The first-order valence-electron chi connectivity index (χ1n) is 6.77. The summed E-state index contributed by atoms with van der Waals surface area (Å²) in [5, 5.41) is 0.728. The Morgan fingerprint density at radius 3 is 2.89 bits per heavy atom. The lowest BCUT2D eigenvalue weighted by atomic mass is 10.0. The quantitative estimate of drug-likeness (QED) is 0.758. The molecule has 2 atom stereocenters. The third-order valence-electron chi connectivity index (χ3n) is 3.71. The minimum absolute atomic E-state index is 0.187. The minimum Gasteiger partial charge on any atom is -0.339 e. The number of nitrogens with zero attached hydrogens (tertiary/aromatic N) is 1. The summed E-state index contributed by atoms with van der Waals surface area (Å²) in [6, 6.07) is 8.06. The van der Waals surface area contributed by atoms with E-state index in [1.165, 1.54) is 6.42 Å². The van der Waals surface area contributed by atoms with E-state index >= 15 is 0 Å². The van der Waals surface area contributed by atoms with Crippen LogP contribution >= 0.6 is 27.5 Å². The molecule has 1 fully saturated rings. The van der Waals surface area contributed by atoms with Crippen LogP contribution in [0.1, 0.15) is 31.7 Å². The van der Waals surface area contributed by atoms with Crippen molar-refractivity contribution in [2.45, 2.75) is 43.5 Å². The number of hydrogen-bond donors (Lipinski definition) is 0. The number of amides is 1. The monoisotopic (exact) mass is 343 g/mol. The van der Waals surface area contributed by atoms with E-state index in [2.05, 4.69) is 22.9 Å². The third kappa shape index (κ3) is 3.73. The third-order valence-corrected chi connectivity index (χ3v) is 4.80. The Hall–Kier alpha value is -0.540. The number of benzene rings is 1. The molecule has 1 saturated heterocycles. The maximum atomic E-state index is 12.5. The summed E-state index contributed by atoms with van der Waals surface area (Å²) in [6.45, 7) is 3.01. The fourth-order valence-electron chi connectivity index (χ4n) is 2.55. The van der Waals surface area contributed by atoms with Crippen LogP contribution in [0.15, 0.2) is 24.3 Å². The van der Waals surface area contributed by atoms with Gasteiger partial charge in [0.15, 0.2) is 0 Å². The number of piperidine rings is 1. The maximum absolute atomic E-state index is 12.5. The minimum atomic E-state index is -0.187. The standard InChI is InChI=1S/C15H19BrClNO/c1-11-6-4-5-9-18(11)15(19)13(16)10-12-7-2-3-8-14(12)17/h2-3,7-8,11,13H,4-6,9-10H2,1H3. The number of rotatable bonds is 3. The molecule has 0 aliphatic carbocycles. The summed E-state index contributed by atoms with van der Waals surface area (Å²) < 4.78 is 0. The van der Waals surface area contributed by atoms with Gasteiger partial charge < -0.3 is 4.90 Å². The topological polar surface area (TPSA) is 20.3 Å². The zero-order valence-corrected chi connectivity index (χ0v) is 13.5. The van der Waals surface area contributed by atoms with Crippen LogP contribution in [0, 0.1) is 0 Å². The van der Waals surface area contributed by atoms with E-state index in [-0.39, 0.29) is 10.7 Å². The van der Waals surface area contributed by atoms with Gasteiger partial charge >= 0.3 is 0 Å². The van der Waals surface area contributed by atoms with Crippen LogP contribution < -0.4 is 0 Å². The fraction of sp³-hybridized carbons (Fsp3) is 0.533. The van der Waals surface area contributed by atoms with Gasteiger partial charge in [-0.3, -0.25) is 4.79 Å². The van der Waals surface area contributed by atoms with Crippen molar-refractivity contribution in [2.75, 3.05) is 6.54 Å². The molecule has 1 aliphatic heterocycles. The molecular weight excluding hydrogens is 326 g/mol. The smallest absolute Gasteiger partial charge is 0.236 e. The van der Waals surface area contributed by atoms with Crippen LogP contribution in [-0.2, 0) is 11.2 Å². The highest BCUT2D eigenvalue weighted by Crippen LogP contribution is 2.23. The van der Waals surface area contributed by atoms with E-state index in [1.807, 2.05) is 29.2 Å². The summed E-state index contributed by atoms with van der Waals surface area (Å²) in [5.41, 5.74) is 1.02. The van der Waals surface area contributed by atoms with Crippen molar-refractivity contribution in [3.63, 3.8) is 0 Å². The Morgan fingerprint density at radius 2 is 2.21 bits per heavy atom. The van der Waals surface area contributed by atoms with Crippen LogP contribution in [0.25, 0.3) is 0 Å². The van der Waals surface area contributed by atoms with Gasteiger partial charge in [0.1, 0.15) is 0 Å². The molecule has 0 bridgehead atoms. The highest BCUT2D eigenvalue weighted by atomic mass is 79.9. The zero-order valence-electron chi connectivity index (χ0n) is 11.1. The Bertz CT molecular complexity index is 452. The SMILES string of the molecule is CC1CCCCN1C(=O)C(Br)Cc1ccccc1Cl. The summed E-state index contributed by atoms with van der Waals surface area (Å²) in [7, 11) is 0. The normalized spacial score (nSPS) is 21.2. The van der Waals surface area contributed by atoms with Gasteiger partial charge in [-0.1, -0.05) is 45.7 Å². The van der Waals surface area contributed by atoms with E-state index < -0.39 is 0 Å². The predicted octanol–water partition coefficient (Wildman–Crippen LogP) is 4.05. The Balaban J connectivity index is 2.01. The molecule has 2 nitrogen and oxygen atoms in total. The molecule has 1 aromatic carbocycles. The zero-order chi connectivity index (χ0) is 13.8. The number of alkyl halides is 1.